The van der Waals surface area contributed by atoms with Crippen molar-refractivity contribution in [1.29, 1.82) is 0 Å². The lowest BCUT2D eigenvalue weighted by Gasteiger charge is -2.61. The molecule has 204 valence electrons. The summed E-state index contributed by atoms with van der Waals surface area (Å²) in [7, 11) is 3.76. The Morgan fingerprint density at radius 3 is 2.68 bits per heavy atom. The first kappa shape index (κ1) is 26.4. The number of carboxylic acid groups (broad SMARTS) is 1. The Labute approximate surface area is 219 Å². The van der Waals surface area contributed by atoms with E-state index in [9.17, 15) is 29.4 Å². The number of aliphatic carboxylic acids is 1. The number of rotatable bonds is 7. The van der Waals surface area contributed by atoms with Crippen molar-refractivity contribution >= 4 is 33.1 Å². The van der Waals surface area contributed by atoms with Gasteiger partial charge in [-0.25, -0.2) is 9.59 Å². The number of likely N-dealkylation sites (N-methyl/N-ethyl adjacent to an activating group) is 1. The van der Waals surface area contributed by atoms with Crippen LogP contribution in [0.2, 0.25) is 0 Å². The number of aromatic hydroxyl groups is 1. The Hall–Kier alpha value is -3.21. The van der Waals surface area contributed by atoms with E-state index in [0.717, 1.165) is 12.5 Å². The highest BCUT2D eigenvalue weighted by Crippen LogP contribution is 2.65. The van der Waals surface area contributed by atoms with E-state index in [1.807, 2.05) is 22.4 Å². The number of benzene rings is 1. The van der Waals surface area contributed by atoms with Crippen LogP contribution in [-0.2, 0) is 45.2 Å². The topological polar surface area (TPSA) is 169 Å². The normalized spacial score (nSPS) is 30.2. The van der Waals surface area contributed by atoms with Crippen LogP contribution in [0.4, 0.5) is 0 Å². The predicted octanol–water partition coefficient (Wildman–Crippen LogP) is 0.364. The third-order valence-corrected chi connectivity index (χ3v) is 8.42. The van der Waals surface area contributed by atoms with Crippen molar-refractivity contribution in [3.8, 4) is 11.5 Å². The SMILES string of the molecule is CC(=O)O[C@@H](CC(=O)O[C@@H](P)C(=O)O)C(=O)OC1=CC[C@@]2(O)[C@H]3Cc4ccc(O)c5c4C2(CCN3C)C1O5. The van der Waals surface area contributed by atoms with Gasteiger partial charge in [0, 0.05) is 24.9 Å². The lowest BCUT2D eigenvalue weighted by molar-refractivity contribution is -0.178. The van der Waals surface area contributed by atoms with E-state index in [0.29, 0.717) is 24.9 Å². The number of likely N-dealkylation sites (tertiary alicyclic amines) is 1. The summed E-state index contributed by atoms with van der Waals surface area (Å²) in [4.78, 5) is 50.1. The van der Waals surface area contributed by atoms with E-state index >= 15 is 0 Å². The van der Waals surface area contributed by atoms with Gasteiger partial charge in [-0.15, -0.1) is 0 Å². The molecule has 2 bridgehead atoms. The molecule has 1 fully saturated rings. The van der Waals surface area contributed by atoms with E-state index in [4.69, 9.17) is 24.1 Å². The number of carboxylic acids is 1. The Morgan fingerprint density at radius 1 is 1.26 bits per heavy atom. The van der Waals surface area contributed by atoms with Crippen molar-refractivity contribution < 1.29 is 53.4 Å². The Morgan fingerprint density at radius 2 is 2.00 bits per heavy atom. The fourth-order valence-electron chi connectivity index (χ4n) is 6.38. The molecule has 1 aromatic rings. The minimum atomic E-state index is -1.71. The van der Waals surface area contributed by atoms with Crippen LogP contribution in [0.3, 0.4) is 0 Å². The standard InChI is InChI=1S/C25H28NO11P/c1-11(27)34-15(10-17(29)36-23(38)21(30)31)22(32)35-14-5-6-25(33)16-9-12-3-4-13(28)19-18(12)24(25,20(14)37-19)7-8-26(16)2/h3-5,15-16,20,23,28,33H,6-10,38H2,1-2H3,(H,30,31)/t15-,16+,20?,23-,24?,25+/m0/s1. The Bertz CT molecular complexity index is 1260. The zero-order valence-corrected chi connectivity index (χ0v) is 21.9. The largest absolute Gasteiger partial charge is 0.504 e. The highest BCUT2D eigenvalue weighted by Gasteiger charge is 2.72. The highest BCUT2D eigenvalue weighted by molar-refractivity contribution is 7.19. The maximum absolute atomic E-state index is 13.2. The molecule has 1 aromatic carbocycles. The maximum atomic E-state index is 13.2. The summed E-state index contributed by atoms with van der Waals surface area (Å²) in [5.41, 5.74) is -0.632. The quantitative estimate of drug-likeness (QED) is 0.243. The van der Waals surface area contributed by atoms with Gasteiger partial charge in [0.2, 0.25) is 11.9 Å². The van der Waals surface area contributed by atoms with Crippen molar-refractivity contribution in [2.75, 3.05) is 13.6 Å². The lowest BCUT2D eigenvalue weighted by atomic mass is 9.50. The van der Waals surface area contributed by atoms with E-state index in [-0.39, 0.29) is 29.7 Å². The van der Waals surface area contributed by atoms with Crippen LogP contribution in [0.1, 0.15) is 37.3 Å². The van der Waals surface area contributed by atoms with Gasteiger partial charge in [0.25, 0.3) is 0 Å². The summed E-state index contributed by atoms with van der Waals surface area (Å²) < 4.78 is 21.6. The van der Waals surface area contributed by atoms with Crippen molar-refractivity contribution in [1.82, 2.24) is 4.90 Å². The van der Waals surface area contributed by atoms with Gasteiger partial charge < -0.3 is 39.2 Å². The average molecular weight is 549 g/mol. The molecule has 1 saturated heterocycles. The number of esters is 3. The molecule has 1 spiro atoms. The third-order valence-electron chi connectivity index (χ3n) is 8.00. The van der Waals surface area contributed by atoms with Crippen LogP contribution >= 0.6 is 9.24 Å². The Balaban J connectivity index is 1.45. The van der Waals surface area contributed by atoms with Gasteiger partial charge in [0.15, 0.2) is 17.6 Å². The molecule has 0 amide bonds. The number of hydrogen-bond acceptors (Lipinski definition) is 11. The van der Waals surface area contributed by atoms with Crippen LogP contribution in [0.25, 0.3) is 0 Å². The Kier molecular flexibility index (Phi) is 6.40. The number of phenolic OH excluding ortho intramolecular Hbond substituents is 1. The second kappa shape index (κ2) is 9.21. The van der Waals surface area contributed by atoms with Gasteiger partial charge in [-0.2, -0.15) is 0 Å². The first-order valence-corrected chi connectivity index (χ1v) is 12.8. The van der Waals surface area contributed by atoms with Crippen LogP contribution in [0, 0.1) is 0 Å². The van der Waals surface area contributed by atoms with Gasteiger partial charge in [-0.05, 0) is 44.1 Å². The second-order valence-electron chi connectivity index (χ2n) is 10.1. The molecule has 2 aliphatic heterocycles. The molecule has 0 radical (unpaired) electrons. The molecule has 4 aliphatic rings. The summed E-state index contributed by atoms with van der Waals surface area (Å²) >= 11 is 0. The summed E-state index contributed by atoms with van der Waals surface area (Å²) in [6.45, 7) is 1.67. The smallest absolute Gasteiger partial charge is 0.353 e. The molecular weight excluding hydrogens is 521 g/mol. The fraction of sp³-hybridized carbons (Fsp3) is 0.520. The maximum Gasteiger partial charge on any atom is 0.353 e. The monoisotopic (exact) mass is 549 g/mol. The number of nitrogens with zero attached hydrogens (tertiary/aromatic N) is 1. The van der Waals surface area contributed by atoms with Crippen molar-refractivity contribution in [2.24, 2.45) is 0 Å². The number of carbonyl (C=O) groups excluding carboxylic acids is 3. The molecule has 3 N–H and O–H groups in total. The average Bonchev–Trinajstić information content (AvgIpc) is 3.20. The molecule has 0 aromatic heterocycles. The molecule has 13 heteroatoms. The third kappa shape index (κ3) is 3.85. The van der Waals surface area contributed by atoms with Crippen LogP contribution in [0.5, 0.6) is 11.5 Å². The van der Waals surface area contributed by atoms with E-state index in [1.54, 1.807) is 6.08 Å². The lowest BCUT2D eigenvalue weighted by Crippen LogP contribution is -2.74. The molecule has 7 atom stereocenters. The number of piperidine rings is 1. The zero-order chi connectivity index (χ0) is 27.6. The molecule has 38 heavy (non-hydrogen) atoms. The first-order chi connectivity index (χ1) is 17.9. The molecule has 3 unspecified atom stereocenters. The zero-order valence-electron chi connectivity index (χ0n) is 20.7. The highest BCUT2D eigenvalue weighted by atomic mass is 31.0. The second-order valence-corrected chi connectivity index (χ2v) is 10.7. The summed E-state index contributed by atoms with van der Waals surface area (Å²) in [5, 5.41) is 31.7. The van der Waals surface area contributed by atoms with Crippen LogP contribution in [0.15, 0.2) is 24.0 Å². The van der Waals surface area contributed by atoms with Gasteiger partial charge in [0.05, 0.1) is 17.4 Å². The van der Waals surface area contributed by atoms with E-state index < -0.39 is 59.4 Å². The summed E-state index contributed by atoms with van der Waals surface area (Å²) in [6, 6.07) is 3.11. The van der Waals surface area contributed by atoms with E-state index in [1.165, 1.54) is 6.07 Å². The van der Waals surface area contributed by atoms with Crippen molar-refractivity contribution in [3.63, 3.8) is 0 Å². The number of ether oxygens (including phenoxy) is 4. The molecule has 12 nitrogen and oxygen atoms in total. The number of aliphatic hydroxyl groups is 1. The van der Waals surface area contributed by atoms with Gasteiger partial charge >= 0.3 is 23.9 Å². The van der Waals surface area contributed by atoms with Gasteiger partial charge in [-0.3, -0.25) is 9.59 Å². The minimum absolute atomic E-state index is 0.0615. The summed E-state index contributed by atoms with van der Waals surface area (Å²) in [5.74, 6) is -5.82. The summed E-state index contributed by atoms with van der Waals surface area (Å²) in [6.07, 6.45) is -0.751. The number of carbonyl (C=O) groups is 4. The number of hydrogen-bond donors (Lipinski definition) is 3. The minimum Gasteiger partial charge on any atom is -0.504 e. The van der Waals surface area contributed by atoms with Crippen LogP contribution < -0.4 is 4.74 Å². The van der Waals surface area contributed by atoms with Gasteiger partial charge in [-0.1, -0.05) is 15.3 Å². The van der Waals surface area contributed by atoms with E-state index in [2.05, 4.69) is 4.90 Å². The van der Waals surface area contributed by atoms with Crippen molar-refractivity contribution in [2.45, 2.75) is 67.7 Å². The molecule has 0 saturated carbocycles. The first-order valence-electron chi connectivity index (χ1n) is 12.1. The van der Waals surface area contributed by atoms with Crippen LogP contribution in [-0.4, -0.2) is 87.4 Å². The van der Waals surface area contributed by atoms with Crippen molar-refractivity contribution in [3.05, 3.63) is 35.1 Å². The molecular formula is C25H28NO11P. The molecule has 2 heterocycles. The van der Waals surface area contributed by atoms with Gasteiger partial charge in [0.1, 0.15) is 5.76 Å². The predicted molar refractivity (Wildman–Crippen MR) is 130 cm³/mol. The fourth-order valence-corrected chi connectivity index (χ4v) is 6.54. The molecule has 5 rings (SSSR count). The number of phenols is 1. The molecule has 2 aliphatic carbocycles.